The van der Waals surface area contributed by atoms with E-state index >= 15 is 0 Å². The Labute approximate surface area is 181 Å². The van der Waals surface area contributed by atoms with E-state index in [1.165, 1.54) is 0 Å². The van der Waals surface area contributed by atoms with E-state index < -0.39 is 61.7 Å². The fraction of sp³-hybridized carbons (Fsp3) is 1.00. The first kappa shape index (κ1) is 23.7. The topological polar surface area (TPSA) is 173 Å². The highest BCUT2D eigenvalue weighted by atomic mass is 16.7. The van der Waals surface area contributed by atoms with Crippen LogP contribution in [0.25, 0.3) is 0 Å². The Balaban J connectivity index is 1.52. The zero-order valence-electron chi connectivity index (χ0n) is 17.6. The zero-order chi connectivity index (χ0) is 22.3. The highest BCUT2D eigenvalue weighted by Crippen LogP contribution is 2.41. The highest BCUT2D eigenvalue weighted by molar-refractivity contribution is 4.97. The molecule has 180 valence electrons. The lowest BCUT2D eigenvalue weighted by Crippen LogP contribution is -2.62. The van der Waals surface area contributed by atoms with Crippen molar-refractivity contribution in [2.75, 3.05) is 6.61 Å². The van der Waals surface area contributed by atoms with Gasteiger partial charge >= 0.3 is 0 Å². The fourth-order valence-electron chi connectivity index (χ4n) is 5.86. The van der Waals surface area contributed by atoms with E-state index in [0.717, 1.165) is 25.7 Å². The molecule has 4 aliphatic rings. The van der Waals surface area contributed by atoms with E-state index in [1.807, 2.05) is 0 Å². The average molecular weight is 450 g/mol. The summed E-state index contributed by atoms with van der Waals surface area (Å²) in [5.74, 6) is 0.107. The first-order valence-corrected chi connectivity index (χ1v) is 11.5. The van der Waals surface area contributed by atoms with Gasteiger partial charge in [-0.2, -0.15) is 0 Å². The molecule has 2 saturated carbocycles. The molecule has 0 aromatic rings. The average Bonchev–Trinajstić information content (AvgIpc) is 2.77. The maximum atomic E-state index is 10.4. The molecular formula is C21H37O10+. The quantitative estimate of drug-likeness (QED) is 0.229. The van der Waals surface area contributed by atoms with Crippen LogP contribution in [0.3, 0.4) is 0 Å². The predicted molar refractivity (Wildman–Crippen MR) is 106 cm³/mol. The Hall–Kier alpha value is -0.400. The zero-order valence-corrected chi connectivity index (χ0v) is 17.6. The summed E-state index contributed by atoms with van der Waals surface area (Å²) in [7, 11) is 0. The van der Waals surface area contributed by atoms with Crippen molar-refractivity contribution in [2.24, 2.45) is 11.8 Å². The van der Waals surface area contributed by atoms with E-state index in [-0.39, 0.29) is 31.0 Å². The predicted octanol–water partition coefficient (Wildman–Crippen LogP) is -2.48. The Morgan fingerprint density at radius 2 is 1.45 bits per heavy atom. The molecule has 0 spiro atoms. The normalized spacial score (nSPS) is 53.7. The molecule has 31 heavy (non-hydrogen) atoms. The molecule has 2 heterocycles. The van der Waals surface area contributed by atoms with Gasteiger partial charge in [0.05, 0.1) is 18.8 Å². The first-order chi connectivity index (χ1) is 14.8. The molecule has 2 aliphatic heterocycles. The number of rotatable bonds is 4. The van der Waals surface area contributed by atoms with Crippen molar-refractivity contribution in [2.45, 2.75) is 112 Å². The minimum atomic E-state index is -1.52. The number of ether oxygens (including phenoxy) is 3. The molecule has 2 aliphatic carbocycles. The summed E-state index contributed by atoms with van der Waals surface area (Å²) in [6, 6.07) is 0. The number of hydrogen-bond donors (Lipinski definition) is 7. The third-order valence-corrected chi connectivity index (χ3v) is 7.67. The maximum absolute atomic E-state index is 10.4. The summed E-state index contributed by atoms with van der Waals surface area (Å²) in [6.07, 6.45) is -5.33. The molecule has 8 N–H and O–H groups in total. The van der Waals surface area contributed by atoms with Gasteiger partial charge in [0.1, 0.15) is 36.6 Å². The monoisotopic (exact) mass is 449 g/mol. The summed E-state index contributed by atoms with van der Waals surface area (Å²) in [5, 5.41) is 70.4. The second-order valence-electron chi connectivity index (χ2n) is 9.72. The number of hydrogen-bond acceptors (Lipinski definition) is 9. The van der Waals surface area contributed by atoms with Gasteiger partial charge in [0, 0.05) is 18.3 Å². The van der Waals surface area contributed by atoms with Gasteiger partial charge in [-0.05, 0) is 32.1 Å². The van der Waals surface area contributed by atoms with Crippen molar-refractivity contribution >= 4 is 0 Å². The SMILES string of the molecule is OC[C@H]1O[C@@H](OC2CC3CCCCC3[OH+]C2C2CC(O)C(O)C(O)C2)[C@H](O)[C@@H](O)[C@@H]1O. The van der Waals surface area contributed by atoms with E-state index in [1.54, 1.807) is 0 Å². The van der Waals surface area contributed by atoms with Gasteiger partial charge < -0.3 is 50.0 Å². The first-order valence-electron chi connectivity index (χ1n) is 11.5. The van der Waals surface area contributed by atoms with Crippen molar-refractivity contribution in [1.29, 1.82) is 0 Å². The fourth-order valence-corrected chi connectivity index (χ4v) is 5.86. The van der Waals surface area contributed by atoms with Gasteiger partial charge in [-0.15, -0.1) is 0 Å². The van der Waals surface area contributed by atoms with E-state index in [4.69, 9.17) is 14.2 Å². The van der Waals surface area contributed by atoms with Crippen LogP contribution in [0.4, 0.5) is 0 Å². The molecule has 4 fully saturated rings. The summed E-state index contributed by atoms with van der Waals surface area (Å²) in [5.41, 5.74) is 0. The molecule has 2 saturated heterocycles. The van der Waals surface area contributed by atoms with Crippen molar-refractivity contribution in [3.63, 3.8) is 0 Å². The van der Waals surface area contributed by atoms with E-state index in [9.17, 15) is 35.7 Å². The molecule has 0 aromatic carbocycles. The van der Waals surface area contributed by atoms with E-state index in [0.29, 0.717) is 12.3 Å². The van der Waals surface area contributed by atoms with Gasteiger partial charge in [-0.1, -0.05) is 6.42 Å². The Morgan fingerprint density at radius 1 is 0.774 bits per heavy atom. The lowest BCUT2D eigenvalue weighted by Gasteiger charge is -2.47. The Bertz CT molecular complexity index is 579. The summed E-state index contributed by atoms with van der Waals surface area (Å²) in [6.45, 7) is -0.535. The molecule has 0 radical (unpaired) electrons. The maximum Gasteiger partial charge on any atom is 0.187 e. The van der Waals surface area contributed by atoms with Crippen LogP contribution in [0, 0.1) is 11.8 Å². The highest BCUT2D eigenvalue weighted by Gasteiger charge is 2.53. The van der Waals surface area contributed by atoms with Crippen molar-refractivity contribution in [3.05, 3.63) is 0 Å². The van der Waals surface area contributed by atoms with Gasteiger partial charge in [-0.25, -0.2) is 0 Å². The molecule has 4 rings (SSSR count). The van der Waals surface area contributed by atoms with Crippen LogP contribution in [-0.4, -0.2) is 114 Å². The van der Waals surface area contributed by atoms with Crippen molar-refractivity contribution < 1.29 is 50.0 Å². The number of aliphatic hydroxyl groups is 9. The third-order valence-electron chi connectivity index (χ3n) is 7.67. The summed E-state index contributed by atoms with van der Waals surface area (Å²) in [4.78, 5) is 0. The van der Waals surface area contributed by atoms with Crippen LogP contribution in [0.15, 0.2) is 0 Å². The van der Waals surface area contributed by atoms with Crippen molar-refractivity contribution in [1.82, 2.24) is 0 Å². The molecule has 0 amide bonds. The van der Waals surface area contributed by atoms with Gasteiger partial charge in [-0.3, -0.25) is 0 Å². The summed E-state index contributed by atoms with van der Waals surface area (Å²) < 4.78 is 16.7. The van der Waals surface area contributed by atoms with Crippen molar-refractivity contribution in [3.8, 4) is 0 Å². The molecule has 10 nitrogen and oxygen atoms in total. The molecular weight excluding hydrogens is 412 g/mol. The van der Waals surface area contributed by atoms with Crippen LogP contribution >= 0.6 is 0 Å². The second-order valence-corrected chi connectivity index (χ2v) is 9.72. The van der Waals surface area contributed by atoms with Crippen LogP contribution in [-0.2, 0) is 9.47 Å². The van der Waals surface area contributed by atoms with Gasteiger partial charge in [0.25, 0.3) is 0 Å². The molecule has 11 atom stereocenters. The second kappa shape index (κ2) is 9.84. The molecule has 0 bridgehead atoms. The smallest absolute Gasteiger partial charge is 0.187 e. The van der Waals surface area contributed by atoms with Crippen LogP contribution in [0.5, 0.6) is 0 Å². The Morgan fingerprint density at radius 3 is 2.13 bits per heavy atom. The minimum Gasteiger partial charge on any atom is -0.427 e. The standard InChI is InChI=1S/C21H36O10/c22-8-15-17(26)18(27)19(28)21(31-15)30-14-7-9-3-1-2-4-13(9)29-20(14)10-5-11(23)16(25)12(24)6-10/h9-28H,1-8H2/p+1/t9?,10?,11?,12?,13?,14?,15-,16?,17-,18+,19-,20?,21-/m1/s1. The van der Waals surface area contributed by atoms with Crippen LogP contribution < -0.4 is 0 Å². The summed E-state index contributed by atoms with van der Waals surface area (Å²) >= 11 is 0. The number of aliphatic hydroxyl groups excluding tert-OH is 7. The van der Waals surface area contributed by atoms with Crippen LogP contribution in [0.1, 0.15) is 44.9 Å². The van der Waals surface area contributed by atoms with Crippen LogP contribution in [0.2, 0.25) is 0 Å². The van der Waals surface area contributed by atoms with E-state index in [2.05, 4.69) is 0 Å². The number of fused-ring (bicyclic) bond motifs is 1. The molecule has 10 heteroatoms. The largest absolute Gasteiger partial charge is 0.427 e. The van der Waals surface area contributed by atoms with Gasteiger partial charge in [0.15, 0.2) is 18.5 Å². The third kappa shape index (κ3) is 4.79. The van der Waals surface area contributed by atoms with Gasteiger partial charge in [0.2, 0.25) is 0 Å². The molecule has 6 unspecified atom stereocenters. The lowest BCUT2D eigenvalue weighted by atomic mass is 9.73. The Kier molecular flexibility index (Phi) is 7.54. The lowest BCUT2D eigenvalue weighted by molar-refractivity contribution is -0.351. The molecule has 0 aromatic heterocycles. The minimum absolute atomic E-state index is 0.175.